The van der Waals surface area contributed by atoms with E-state index in [4.69, 9.17) is 34.2 Å². The number of nitrogens with two attached hydrogens (primary N) is 1. The molecule has 0 bridgehead atoms. The number of esters is 2. The summed E-state index contributed by atoms with van der Waals surface area (Å²) >= 11 is 0. The summed E-state index contributed by atoms with van der Waals surface area (Å²) in [6.45, 7) is 13.6. The molecule has 3 aromatic rings. The molecule has 75 heavy (non-hydrogen) atoms. The van der Waals surface area contributed by atoms with Gasteiger partial charge in [-0.3, -0.25) is 28.9 Å². The van der Waals surface area contributed by atoms with E-state index in [-0.39, 0.29) is 85.6 Å². The molecule has 7 rings (SSSR count). The Kier molecular flexibility index (Phi) is 18.9. The number of carbonyl (C=O) groups excluding carboxylic acids is 6. The number of hydrogen-bond donors (Lipinski definition) is 3. The number of aryl methyl sites for hydroxylation is 1. The highest BCUT2D eigenvalue weighted by Gasteiger charge is 2.51. The first kappa shape index (κ1) is 56.1. The minimum absolute atomic E-state index is 0.0391. The fourth-order valence-electron chi connectivity index (χ4n) is 10.4. The minimum Gasteiger partial charge on any atom is -0.469 e. The van der Waals surface area contributed by atoms with Crippen LogP contribution in [-0.4, -0.2) is 110 Å². The van der Waals surface area contributed by atoms with E-state index in [9.17, 15) is 28.8 Å². The average Bonchev–Trinajstić information content (AvgIpc) is 4.05. The topological polar surface area (TPSA) is 214 Å². The molecule has 3 aliphatic heterocycles. The van der Waals surface area contributed by atoms with Crippen LogP contribution in [0.3, 0.4) is 0 Å². The van der Waals surface area contributed by atoms with Gasteiger partial charge >= 0.3 is 18.0 Å². The zero-order chi connectivity index (χ0) is 54.0. The molecule has 1 spiro atoms. The molecule has 4 N–H and O–H groups in total. The molecule has 0 saturated carbocycles. The van der Waals surface area contributed by atoms with Crippen LogP contribution in [0.15, 0.2) is 109 Å². The molecule has 4 aliphatic rings. The van der Waals surface area contributed by atoms with E-state index in [0.717, 1.165) is 34.2 Å². The SMILES string of the molecule is COC(=O)C[C@@H]1C[C@@]2(CO2)C[C@@H](/C=C/C(C)=C/C[C@@H]2O[C@H](C)[C@H](NC(=O)/C=C\[C@H](C)OC(=O)CCc3ccccc3N(C(=O)[C@@H](NC(=O)OCC3c4ccccc4-c4ccccc43)C(C)C)[C@@H](C)C(N)=O)C[C@@H]2C)O1. The van der Waals surface area contributed by atoms with Crippen molar-refractivity contribution in [2.75, 3.05) is 25.2 Å². The number of fused-ring (bicyclic) bond motifs is 3. The van der Waals surface area contributed by atoms with Gasteiger partial charge in [0.05, 0.1) is 56.2 Å². The summed E-state index contributed by atoms with van der Waals surface area (Å²) in [5, 5.41) is 5.82. The van der Waals surface area contributed by atoms with E-state index in [1.807, 2.05) is 74.5 Å². The first-order valence-corrected chi connectivity index (χ1v) is 26.2. The molecule has 0 radical (unpaired) electrons. The van der Waals surface area contributed by atoms with Crippen molar-refractivity contribution in [1.29, 1.82) is 0 Å². The number of allylic oxidation sites excluding steroid dienone is 2. The largest absolute Gasteiger partial charge is 0.469 e. The molecule has 3 saturated heterocycles. The van der Waals surface area contributed by atoms with Crippen molar-refractivity contribution in [1.82, 2.24) is 10.6 Å². The van der Waals surface area contributed by atoms with Crippen molar-refractivity contribution in [3.63, 3.8) is 0 Å². The number of primary amides is 1. The van der Waals surface area contributed by atoms with Crippen LogP contribution in [0, 0.1) is 11.8 Å². The summed E-state index contributed by atoms with van der Waals surface area (Å²) in [4.78, 5) is 80.3. The lowest BCUT2D eigenvalue weighted by Crippen LogP contribution is -2.56. The Morgan fingerprint density at radius 2 is 1.55 bits per heavy atom. The van der Waals surface area contributed by atoms with Crippen LogP contribution in [-0.2, 0) is 58.8 Å². The Morgan fingerprint density at radius 3 is 2.20 bits per heavy atom. The maximum Gasteiger partial charge on any atom is 0.407 e. The lowest BCUT2D eigenvalue weighted by molar-refractivity contribution is -0.147. The minimum atomic E-state index is -1.12. The predicted octanol–water partition coefficient (Wildman–Crippen LogP) is 7.95. The second-order valence-electron chi connectivity index (χ2n) is 20.9. The van der Waals surface area contributed by atoms with E-state index < -0.39 is 48.0 Å². The summed E-state index contributed by atoms with van der Waals surface area (Å²) in [6, 6.07) is 20.4. The summed E-state index contributed by atoms with van der Waals surface area (Å²) < 4.78 is 34.6. The second kappa shape index (κ2) is 25.3. The fourth-order valence-corrected chi connectivity index (χ4v) is 10.4. The number of nitrogens with zero attached hydrogens (tertiary/aromatic N) is 1. The number of carbonyl (C=O) groups is 6. The van der Waals surface area contributed by atoms with Crippen molar-refractivity contribution in [3.05, 3.63) is 125 Å². The number of epoxide rings is 1. The Morgan fingerprint density at radius 1 is 0.880 bits per heavy atom. The van der Waals surface area contributed by atoms with Crippen LogP contribution in [0.1, 0.15) is 110 Å². The van der Waals surface area contributed by atoms with E-state index in [1.54, 1.807) is 45.0 Å². The summed E-state index contributed by atoms with van der Waals surface area (Å²) in [5.74, 6) is -2.95. The Labute approximate surface area is 440 Å². The van der Waals surface area contributed by atoms with Gasteiger partial charge < -0.3 is 44.8 Å². The van der Waals surface area contributed by atoms with Crippen LogP contribution in [0.5, 0.6) is 0 Å². The fraction of sp³-hybridized carbons (Fsp3) is 0.492. The van der Waals surface area contributed by atoms with Gasteiger partial charge in [-0.2, -0.15) is 0 Å². The first-order valence-electron chi connectivity index (χ1n) is 26.2. The van der Waals surface area contributed by atoms with E-state index >= 15 is 0 Å². The summed E-state index contributed by atoms with van der Waals surface area (Å²) in [6.07, 6.45) is 10.0. The van der Waals surface area contributed by atoms with Crippen molar-refractivity contribution >= 4 is 41.4 Å². The zero-order valence-electron chi connectivity index (χ0n) is 44.5. The number of rotatable bonds is 21. The molecule has 3 aromatic carbocycles. The average molecular weight is 1030 g/mol. The van der Waals surface area contributed by atoms with Crippen LogP contribution < -0.4 is 21.3 Å². The summed E-state index contributed by atoms with van der Waals surface area (Å²) in [7, 11) is 1.38. The first-order chi connectivity index (χ1) is 35.8. The smallest absolute Gasteiger partial charge is 0.407 e. The molecule has 10 atom stereocenters. The van der Waals surface area contributed by atoms with Crippen LogP contribution in [0.2, 0.25) is 0 Å². The number of benzene rings is 3. The number of hydrogen-bond acceptors (Lipinski definition) is 12. The van der Waals surface area contributed by atoms with Gasteiger partial charge in [-0.25, -0.2) is 4.79 Å². The third-order valence-corrected chi connectivity index (χ3v) is 14.8. The van der Waals surface area contributed by atoms with Gasteiger partial charge in [0.1, 0.15) is 24.8 Å². The normalized spacial score (nSPS) is 24.5. The zero-order valence-corrected chi connectivity index (χ0v) is 44.5. The monoisotopic (exact) mass is 1030 g/mol. The molecule has 16 heteroatoms. The highest BCUT2D eigenvalue weighted by molar-refractivity contribution is 6.04. The molecular formula is C59H74N4O12. The van der Waals surface area contributed by atoms with Crippen molar-refractivity contribution in [3.8, 4) is 11.1 Å². The van der Waals surface area contributed by atoms with Gasteiger partial charge in [0, 0.05) is 36.9 Å². The lowest BCUT2D eigenvalue weighted by atomic mass is 9.88. The van der Waals surface area contributed by atoms with Crippen molar-refractivity contribution in [2.45, 2.75) is 154 Å². The highest BCUT2D eigenvalue weighted by atomic mass is 16.6. The number of amides is 4. The van der Waals surface area contributed by atoms with Gasteiger partial charge in [0.2, 0.25) is 11.8 Å². The lowest BCUT2D eigenvalue weighted by Gasteiger charge is -2.39. The maximum atomic E-state index is 14.5. The number of nitrogens with one attached hydrogen (secondary N) is 2. The van der Waals surface area contributed by atoms with Crippen LogP contribution >= 0.6 is 0 Å². The Balaban J connectivity index is 0.878. The van der Waals surface area contributed by atoms with E-state index in [1.165, 1.54) is 31.1 Å². The maximum absolute atomic E-state index is 14.5. The number of para-hydroxylation sites is 1. The quantitative estimate of drug-likeness (QED) is 0.0305. The molecule has 1 aliphatic carbocycles. The van der Waals surface area contributed by atoms with Crippen LogP contribution in [0.25, 0.3) is 11.1 Å². The molecule has 3 heterocycles. The summed E-state index contributed by atoms with van der Waals surface area (Å²) in [5.41, 5.74) is 11.9. The third-order valence-electron chi connectivity index (χ3n) is 14.8. The highest BCUT2D eigenvalue weighted by Crippen LogP contribution is 2.45. The molecule has 0 aromatic heterocycles. The molecule has 402 valence electrons. The second-order valence-corrected chi connectivity index (χ2v) is 20.9. The molecule has 16 nitrogen and oxygen atoms in total. The van der Waals surface area contributed by atoms with Gasteiger partial charge in [0.15, 0.2) is 0 Å². The third kappa shape index (κ3) is 14.6. The standard InChI is InChI=1S/C59H74N4O12/c1-35(2)55(62-58(69)71-33-48-46-18-12-10-16-44(46)45-17-11-13-19-47(45)48)57(68)63(39(6)56(60)67)50-20-14-9-15-41(50)24-28-53(65)73-38(5)23-27-52(64)61-49-29-37(4)51(74-40(49)7)26-22-36(3)21-25-42-31-59(34-72-59)32-43(75-42)30-54(66)70-8/h9-23,25,27,35,37-40,42-43,48-49,51,55H,24,26,28-34H2,1-8H3,(H2,60,67)(H,61,64)(H,62,69)/b25-21+,27-23-,36-22+/t37-,38-,39-,40+,42+,43+,49+,51-,55-,59+/m0/s1. The van der Waals surface area contributed by atoms with E-state index in [0.29, 0.717) is 37.1 Å². The van der Waals surface area contributed by atoms with Gasteiger partial charge in [0.25, 0.3) is 5.91 Å². The number of methoxy groups -OCH3 is 1. The Hall–Kier alpha value is -6.62. The number of ether oxygens (including phenoxy) is 6. The predicted molar refractivity (Wildman–Crippen MR) is 283 cm³/mol. The molecule has 3 fully saturated rings. The van der Waals surface area contributed by atoms with Crippen molar-refractivity contribution < 1.29 is 57.2 Å². The van der Waals surface area contributed by atoms with Gasteiger partial charge in [-0.05, 0) is 98.8 Å². The van der Waals surface area contributed by atoms with Gasteiger partial charge in [-0.15, -0.1) is 0 Å². The number of alkyl carbamates (subject to hydrolysis) is 1. The van der Waals surface area contributed by atoms with Crippen molar-refractivity contribution in [2.24, 2.45) is 17.6 Å². The number of anilines is 1. The Bertz CT molecular complexity index is 2600. The van der Waals surface area contributed by atoms with E-state index in [2.05, 4.69) is 23.6 Å². The van der Waals surface area contributed by atoms with Gasteiger partial charge in [-0.1, -0.05) is 111 Å². The molecular weight excluding hydrogens is 957 g/mol. The molecule has 4 amide bonds. The molecule has 0 unspecified atom stereocenters. The van der Waals surface area contributed by atoms with Crippen LogP contribution in [0.4, 0.5) is 10.5 Å².